The number of carbonyl (C=O) groups is 1. The summed E-state index contributed by atoms with van der Waals surface area (Å²) in [7, 11) is -3.86. The number of rotatable bonds is 6. The predicted molar refractivity (Wildman–Crippen MR) is 109 cm³/mol. The number of hydrogen-bond acceptors (Lipinski definition) is 6. The lowest BCUT2D eigenvalue weighted by Crippen LogP contribution is -2.55. The molecular formula is C20H22N4O4S. The van der Waals surface area contributed by atoms with Crippen molar-refractivity contribution in [1.29, 1.82) is 0 Å². The molecule has 9 heteroatoms. The van der Waals surface area contributed by atoms with Gasteiger partial charge in [0.25, 0.3) is 0 Å². The van der Waals surface area contributed by atoms with E-state index in [0.717, 1.165) is 5.82 Å². The van der Waals surface area contributed by atoms with Crippen LogP contribution in [0.3, 0.4) is 0 Å². The number of carbonyl (C=O) groups excluding carboxylic acids is 1. The van der Waals surface area contributed by atoms with E-state index >= 15 is 0 Å². The molecule has 0 spiro atoms. The van der Waals surface area contributed by atoms with Gasteiger partial charge in [0, 0.05) is 37.9 Å². The van der Waals surface area contributed by atoms with Crippen molar-refractivity contribution in [1.82, 2.24) is 14.6 Å². The van der Waals surface area contributed by atoms with E-state index in [4.69, 9.17) is 0 Å². The number of aliphatic hydroxyl groups is 1. The quantitative estimate of drug-likeness (QED) is 0.393. The molecule has 2 heterocycles. The number of amides is 1. The third-order valence-electron chi connectivity index (χ3n) is 4.48. The lowest BCUT2D eigenvalue weighted by molar-refractivity contribution is -0.113. The topological polar surface area (TPSA) is 103 Å². The zero-order valence-corrected chi connectivity index (χ0v) is 16.5. The molecule has 1 aliphatic rings. The highest BCUT2D eigenvalue weighted by atomic mass is 32.2. The molecule has 8 nitrogen and oxygen atoms in total. The fourth-order valence-electron chi connectivity index (χ4n) is 3.00. The highest BCUT2D eigenvalue weighted by molar-refractivity contribution is 7.89. The molecule has 152 valence electrons. The van der Waals surface area contributed by atoms with Crippen molar-refractivity contribution in [3.63, 3.8) is 0 Å². The average molecular weight is 414 g/mol. The van der Waals surface area contributed by atoms with Crippen LogP contribution >= 0.6 is 0 Å². The minimum absolute atomic E-state index is 0.244. The highest BCUT2D eigenvalue weighted by Gasteiger charge is 2.36. The summed E-state index contributed by atoms with van der Waals surface area (Å²) in [4.78, 5) is 17.2. The Kier molecular flexibility index (Phi) is 6.49. The number of benzene rings is 1. The molecule has 0 radical (unpaired) electrons. The van der Waals surface area contributed by atoms with Gasteiger partial charge in [0.05, 0.1) is 0 Å². The Bertz CT molecular complexity index is 981. The van der Waals surface area contributed by atoms with Gasteiger partial charge in [-0.05, 0) is 30.2 Å². The molecule has 1 amide bonds. The molecule has 29 heavy (non-hydrogen) atoms. The van der Waals surface area contributed by atoms with Crippen LogP contribution in [0, 0.1) is 11.8 Å². The van der Waals surface area contributed by atoms with Gasteiger partial charge >= 0.3 is 0 Å². The van der Waals surface area contributed by atoms with Crippen LogP contribution in [0.25, 0.3) is 0 Å². The maximum atomic E-state index is 12.8. The van der Waals surface area contributed by atoms with Gasteiger partial charge in [-0.3, -0.25) is 4.79 Å². The van der Waals surface area contributed by atoms with Crippen molar-refractivity contribution in [3.8, 4) is 11.8 Å². The molecule has 1 unspecified atom stereocenters. The summed E-state index contributed by atoms with van der Waals surface area (Å²) in [6.07, 6.45) is 1.93. The number of hydrogen-bond donors (Lipinski definition) is 2. The summed E-state index contributed by atoms with van der Waals surface area (Å²) in [5, 5.41) is 12.8. The molecule has 1 fully saturated rings. The van der Waals surface area contributed by atoms with Gasteiger partial charge in [0.1, 0.15) is 11.6 Å². The van der Waals surface area contributed by atoms with E-state index in [1.165, 1.54) is 4.31 Å². The molecule has 1 aromatic carbocycles. The maximum absolute atomic E-state index is 12.8. The summed E-state index contributed by atoms with van der Waals surface area (Å²) in [6, 6.07) is 14.4. The van der Waals surface area contributed by atoms with Gasteiger partial charge in [0.2, 0.25) is 22.2 Å². The Morgan fingerprint density at radius 2 is 1.79 bits per heavy atom. The molecule has 0 aliphatic carbocycles. The van der Waals surface area contributed by atoms with Crippen LogP contribution in [0.2, 0.25) is 0 Å². The largest absolute Gasteiger partial charge is 0.360 e. The lowest BCUT2D eigenvalue weighted by Gasteiger charge is -2.35. The van der Waals surface area contributed by atoms with Gasteiger partial charge < -0.3 is 15.3 Å². The van der Waals surface area contributed by atoms with Gasteiger partial charge in [-0.15, -0.1) is 0 Å². The normalized spacial score (nSPS) is 16.9. The summed E-state index contributed by atoms with van der Waals surface area (Å²) < 4.78 is 27.0. The molecule has 2 aromatic rings. The summed E-state index contributed by atoms with van der Waals surface area (Å²) in [5.41, 5.74) is -1.59. The third kappa shape index (κ3) is 5.54. The second kappa shape index (κ2) is 9.05. The zero-order chi connectivity index (χ0) is 20.7. The molecule has 3 rings (SSSR count). The fraction of sp³-hybridized carbons (Fsp3) is 0.300. The molecular weight excluding hydrogens is 392 g/mol. The Labute approximate surface area is 170 Å². The molecule has 2 N–H and O–H groups in total. The number of nitrogens with zero attached hydrogens (tertiary/aromatic N) is 3. The second-order valence-corrected chi connectivity index (χ2v) is 8.54. The number of sulfonamides is 1. The van der Waals surface area contributed by atoms with Crippen molar-refractivity contribution in [2.45, 2.75) is 5.72 Å². The van der Waals surface area contributed by atoms with Gasteiger partial charge in [0.15, 0.2) is 0 Å². The van der Waals surface area contributed by atoms with E-state index in [2.05, 4.69) is 22.1 Å². The van der Waals surface area contributed by atoms with E-state index in [1.807, 2.05) is 29.2 Å². The van der Waals surface area contributed by atoms with Crippen molar-refractivity contribution in [2.75, 3.05) is 36.8 Å². The molecule has 0 saturated carbocycles. The lowest BCUT2D eigenvalue weighted by atomic mass is 10.2. The standard InChI is InChI=1S/C20H22N4O4S/c25-17-22-20(26,10-9-18-6-2-1-3-7-18)16-29(27,28)24-14-12-23(13-15-24)19-8-4-5-11-21-19/h1-8,11,17,26H,12-16H2,(H,22,25). The van der Waals surface area contributed by atoms with E-state index < -0.39 is 21.5 Å². The molecule has 1 atom stereocenters. The van der Waals surface area contributed by atoms with E-state index in [1.54, 1.807) is 30.5 Å². The van der Waals surface area contributed by atoms with Crippen LogP contribution in [0.5, 0.6) is 0 Å². The number of piperazine rings is 1. The van der Waals surface area contributed by atoms with Crippen LogP contribution in [0.1, 0.15) is 5.56 Å². The van der Waals surface area contributed by atoms with E-state index in [9.17, 15) is 18.3 Å². The highest BCUT2D eigenvalue weighted by Crippen LogP contribution is 2.16. The smallest absolute Gasteiger partial charge is 0.220 e. The summed E-state index contributed by atoms with van der Waals surface area (Å²) in [5.74, 6) is 5.24. The first-order valence-corrected chi connectivity index (χ1v) is 10.7. The zero-order valence-electron chi connectivity index (χ0n) is 15.7. The van der Waals surface area contributed by atoms with Crippen molar-refractivity contribution in [2.24, 2.45) is 0 Å². The van der Waals surface area contributed by atoms with Crippen molar-refractivity contribution < 1.29 is 18.3 Å². The van der Waals surface area contributed by atoms with E-state index in [-0.39, 0.29) is 19.5 Å². The fourth-order valence-corrected chi connectivity index (χ4v) is 4.59. The number of anilines is 1. The minimum Gasteiger partial charge on any atom is -0.360 e. The van der Waals surface area contributed by atoms with Crippen LogP contribution in [0.4, 0.5) is 5.82 Å². The Morgan fingerprint density at radius 3 is 2.41 bits per heavy atom. The Morgan fingerprint density at radius 1 is 1.10 bits per heavy atom. The molecule has 1 aromatic heterocycles. The van der Waals surface area contributed by atoms with Gasteiger partial charge in [-0.2, -0.15) is 4.31 Å². The number of aromatic nitrogens is 1. The van der Waals surface area contributed by atoms with Crippen LogP contribution in [-0.4, -0.2) is 66.9 Å². The minimum atomic E-state index is -3.86. The first kappa shape index (κ1) is 20.8. The SMILES string of the molecule is O=CNC(O)(C#Cc1ccccc1)CS(=O)(=O)N1CCN(c2ccccn2)CC1. The monoisotopic (exact) mass is 414 g/mol. The third-order valence-corrected chi connectivity index (χ3v) is 6.42. The molecule has 1 aliphatic heterocycles. The first-order chi connectivity index (χ1) is 13.9. The predicted octanol–water partition coefficient (Wildman–Crippen LogP) is 0.0197. The number of pyridine rings is 1. The molecule has 0 bridgehead atoms. The van der Waals surface area contributed by atoms with E-state index in [0.29, 0.717) is 18.7 Å². The van der Waals surface area contributed by atoms with Crippen molar-refractivity contribution in [3.05, 3.63) is 60.3 Å². The van der Waals surface area contributed by atoms with Crippen LogP contribution in [-0.2, 0) is 14.8 Å². The summed E-state index contributed by atoms with van der Waals surface area (Å²) in [6.45, 7) is 1.46. The van der Waals surface area contributed by atoms with Gasteiger partial charge in [-0.25, -0.2) is 13.4 Å². The average Bonchev–Trinajstić information content (AvgIpc) is 2.74. The Hall–Kier alpha value is -2.93. The van der Waals surface area contributed by atoms with Crippen LogP contribution in [0.15, 0.2) is 54.7 Å². The Balaban J connectivity index is 1.69. The number of nitrogens with one attached hydrogen (secondary N) is 1. The van der Waals surface area contributed by atoms with Crippen LogP contribution < -0.4 is 10.2 Å². The molecule has 1 saturated heterocycles. The maximum Gasteiger partial charge on any atom is 0.220 e. The summed E-state index contributed by atoms with van der Waals surface area (Å²) >= 11 is 0. The van der Waals surface area contributed by atoms with Gasteiger partial charge in [-0.1, -0.05) is 30.2 Å². The first-order valence-electron chi connectivity index (χ1n) is 9.08. The van der Waals surface area contributed by atoms with Crippen molar-refractivity contribution >= 4 is 22.3 Å². The second-order valence-electron chi connectivity index (χ2n) is 6.57.